The van der Waals surface area contributed by atoms with Gasteiger partial charge >= 0.3 is 16.2 Å². The highest BCUT2D eigenvalue weighted by Gasteiger charge is 2.34. The molecule has 0 radical (unpaired) electrons. The number of hydrogen-bond donors (Lipinski definition) is 1. The van der Waals surface area contributed by atoms with E-state index in [1.54, 1.807) is 24.3 Å². The zero-order valence-corrected chi connectivity index (χ0v) is 27.4. The molecule has 9 nitrogen and oxygen atoms in total. The van der Waals surface area contributed by atoms with Crippen LogP contribution in [0.5, 0.6) is 0 Å². The van der Waals surface area contributed by atoms with Gasteiger partial charge in [0, 0.05) is 23.9 Å². The first-order valence-electron chi connectivity index (χ1n) is 16.2. The first-order chi connectivity index (χ1) is 23.3. The molecule has 10 heteroatoms. The number of anilines is 1. The molecule has 5 aromatic rings. The summed E-state index contributed by atoms with van der Waals surface area (Å²) >= 11 is 0. The van der Waals surface area contributed by atoms with Gasteiger partial charge in [-0.3, -0.25) is 4.79 Å². The summed E-state index contributed by atoms with van der Waals surface area (Å²) in [5, 5.41) is 0. The summed E-state index contributed by atoms with van der Waals surface area (Å²) in [7, 11) is -2.56. The standard InChI is InChI=1S/C38H36N4O5S/c1-47-38(44)32-17-15-31(16-18-32)35-24-41(33-19-21-34(22-20-33)42-25-37(43)40-48(42,45)46)36(39-35)23-26-7-9-28(10-8-26)30-13-11-29(12-14-30)27-5-3-2-4-6-27/h7-22,24,27H,2-6,23,25H2,1H3,(H,40,43). The van der Waals surface area contributed by atoms with E-state index in [1.165, 1.54) is 50.3 Å². The van der Waals surface area contributed by atoms with Crippen molar-refractivity contribution in [2.75, 3.05) is 18.0 Å². The van der Waals surface area contributed by atoms with Gasteiger partial charge in [0.05, 0.1) is 24.1 Å². The lowest BCUT2D eigenvalue weighted by Crippen LogP contribution is -2.29. The monoisotopic (exact) mass is 660 g/mol. The number of esters is 1. The molecule has 0 bridgehead atoms. The molecule has 2 fully saturated rings. The van der Waals surface area contributed by atoms with Crippen LogP contribution in [0.4, 0.5) is 5.69 Å². The number of ether oxygens (including phenoxy) is 1. The quantitative estimate of drug-likeness (QED) is 0.183. The van der Waals surface area contributed by atoms with E-state index in [0.717, 1.165) is 38.2 Å². The molecule has 0 unspecified atom stereocenters. The first kappa shape index (κ1) is 31.4. The van der Waals surface area contributed by atoms with Crippen molar-refractivity contribution in [1.29, 1.82) is 0 Å². The molecule has 7 rings (SSSR count). The van der Waals surface area contributed by atoms with Gasteiger partial charge < -0.3 is 9.30 Å². The molecule has 1 aliphatic carbocycles. The molecular formula is C38H36N4O5S. The fourth-order valence-corrected chi connectivity index (χ4v) is 7.79. The minimum absolute atomic E-state index is 0.260. The van der Waals surface area contributed by atoms with Crippen LogP contribution in [0, 0.1) is 0 Å². The molecule has 0 atom stereocenters. The fraction of sp³-hybridized carbons (Fsp3) is 0.237. The minimum Gasteiger partial charge on any atom is -0.465 e. The molecule has 1 N–H and O–H groups in total. The van der Waals surface area contributed by atoms with Crippen molar-refractivity contribution in [3.8, 4) is 28.1 Å². The van der Waals surface area contributed by atoms with E-state index in [9.17, 15) is 18.0 Å². The van der Waals surface area contributed by atoms with Crippen LogP contribution in [0.2, 0.25) is 0 Å². The average molecular weight is 661 g/mol. The van der Waals surface area contributed by atoms with Crippen LogP contribution < -0.4 is 9.03 Å². The van der Waals surface area contributed by atoms with E-state index in [4.69, 9.17) is 9.72 Å². The van der Waals surface area contributed by atoms with Crippen LogP contribution in [0.3, 0.4) is 0 Å². The van der Waals surface area contributed by atoms with Crippen LogP contribution in [-0.2, 0) is 26.2 Å². The summed E-state index contributed by atoms with van der Waals surface area (Å²) < 4.78 is 34.6. The van der Waals surface area contributed by atoms with Crippen molar-refractivity contribution in [3.63, 3.8) is 0 Å². The number of amides is 1. The second-order valence-electron chi connectivity index (χ2n) is 12.4. The second kappa shape index (κ2) is 13.1. The van der Waals surface area contributed by atoms with Crippen molar-refractivity contribution < 1.29 is 22.7 Å². The molecule has 1 aromatic heterocycles. The SMILES string of the molecule is COC(=O)c1ccc(-c2cn(-c3ccc(N4CC(=O)NS4(=O)=O)cc3)c(Cc3ccc(-c4ccc(C5CCCCC5)cc4)cc3)n2)cc1. The number of hydrogen-bond acceptors (Lipinski definition) is 6. The Morgan fingerprint density at radius 1 is 0.812 bits per heavy atom. The van der Waals surface area contributed by atoms with E-state index in [0.29, 0.717) is 23.6 Å². The molecule has 4 aromatic carbocycles. The Bertz CT molecular complexity index is 2050. The lowest BCUT2D eigenvalue weighted by molar-refractivity contribution is -0.117. The topological polar surface area (TPSA) is 111 Å². The highest BCUT2D eigenvalue weighted by atomic mass is 32.2. The molecule has 1 saturated carbocycles. The molecule has 2 heterocycles. The lowest BCUT2D eigenvalue weighted by atomic mass is 9.83. The molecule has 1 saturated heterocycles. The molecule has 1 aliphatic heterocycles. The fourth-order valence-electron chi connectivity index (χ4n) is 6.64. The van der Waals surface area contributed by atoms with Gasteiger partial charge in [-0.05, 0) is 77.4 Å². The molecule has 48 heavy (non-hydrogen) atoms. The Kier molecular flexibility index (Phi) is 8.58. The summed E-state index contributed by atoms with van der Waals surface area (Å²) in [5.41, 5.74) is 8.05. The summed E-state index contributed by atoms with van der Waals surface area (Å²) in [6, 6.07) is 31.6. The normalized spacial score (nSPS) is 16.1. The zero-order chi connectivity index (χ0) is 33.3. The summed E-state index contributed by atoms with van der Waals surface area (Å²) in [6.45, 7) is -0.260. The van der Waals surface area contributed by atoms with Gasteiger partial charge in [-0.2, -0.15) is 8.42 Å². The van der Waals surface area contributed by atoms with E-state index in [-0.39, 0.29) is 6.54 Å². The number of nitrogens with one attached hydrogen (secondary N) is 1. The third-order valence-corrected chi connectivity index (χ3v) is 10.7. The van der Waals surface area contributed by atoms with E-state index >= 15 is 0 Å². The smallest absolute Gasteiger partial charge is 0.337 e. The highest BCUT2D eigenvalue weighted by molar-refractivity contribution is 7.92. The van der Waals surface area contributed by atoms with Crippen LogP contribution in [-0.4, -0.2) is 43.5 Å². The first-order valence-corrected chi connectivity index (χ1v) is 17.6. The maximum Gasteiger partial charge on any atom is 0.337 e. The average Bonchev–Trinajstić information content (AvgIpc) is 3.67. The van der Waals surface area contributed by atoms with Gasteiger partial charge in [-0.1, -0.05) is 79.9 Å². The van der Waals surface area contributed by atoms with E-state index < -0.39 is 22.1 Å². The number of nitrogens with zero attached hydrogens (tertiary/aromatic N) is 3. The van der Waals surface area contributed by atoms with Crippen molar-refractivity contribution >= 4 is 27.8 Å². The highest BCUT2D eigenvalue weighted by Crippen LogP contribution is 2.34. The van der Waals surface area contributed by atoms with Crippen molar-refractivity contribution in [2.45, 2.75) is 44.4 Å². The van der Waals surface area contributed by atoms with Crippen LogP contribution in [0.1, 0.15) is 65.3 Å². The van der Waals surface area contributed by atoms with Crippen molar-refractivity contribution in [1.82, 2.24) is 14.3 Å². The number of carbonyl (C=O) groups is 2. The predicted octanol–water partition coefficient (Wildman–Crippen LogP) is 6.81. The Morgan fingerprint density at radius 3 is 2.02 bits per heavy atom. The molecule has 2 aliphatic rings. The Balaban J connectivity index is 1.16. The Morgan fingerprint density at radius 2 is 1.42 bits per heavy atom. The molecule has 1 amide bonds. The maximum absolute atomic E-state index is 12.4. The van der Waals surface area contributed by atoms with E-state index in [2.05, 4.69) is 48.5 Å². The van der Waals surface area contributed by atoms with Gasteiger partial charge in [-0.15, -0.1) is 0 Å². The van der Waals surface area contributed by atoms with Gasteiger partial charge in [-0.25, -0.2) is 18.8 Å². The molecule has 244 valence electrons. The largest absolute Gasteiger partial charge is 0.465 e. The van der Waals surface area contributed by atoms with Gasteiger partial charge in [0.1, 0.15) is 12.4 Å². The number of imidazole rings is 1. The van der Waals surface area contributed by atoms with Crippen LogP contribution in [0.15, 0.2) is 103 Å². The predicted molar refractivity (Wildman–Crippen MR) is 185 cm³/mol. The number of aromatic nitrogens is 2. The van der Waals surface area contributed by atoms with Crippen LogP contribution >= 0.6 is 0 Å². The number of carbonyl (C=O) groups excluding carboxylic acids is 2. The minimum atomic E-state index is -3.91. The second-order valence-corrected chi connectivity index (χ2v) is 14.0. The summed E-state index contributed by atoms with van der Waals surface area (Å²) in [6.07, 6.45) is 9.04. The molecular weight excluding hydrogens is 625 g/mol. The van der Waals surface area contributed by atoms with E-state index in [1.807, 2.05) is 39.8 Å². The third-order valence-electron chi connectivity index (χ3n) is 9.25. The Hall–Kier alpha value is -5.22. The third kappa shape index (κ3) is 6.48. The van der Waals surface area contributed by atoms with Gasteiger partial charge in [0.15, 0.2) is 0 Å². The van der Waals surface area contributed by atoms with Crippen molar-refractivity contribution in [2.24, 2.45) is 0 Å². The Labute approximate surface area is 280 Å². The number of rotatable bonds is 8. The molecule has 0 spiro atoms. The number of benzene rings is 4. The van der Waals surface area contributed by atoms with Gasteiger partial charge in [0.25, 0.3) is 5.91 Å². The van der Waals surface area contributed by atoms with Crippen molar-refractivity contribution in [3.05, 3.63) is 126 Å². The zero-order valence-electron chi connectivity index (χ0n) is 26.6. The lowest BCUT2D eigenvalue weighted by Gasteiger charge is -2.22. The maximum atomic E-state index is 12.4. The van der Waals surface area contributed by atoms with Crippen LogP contribution in [0.25, 0.3) is 28.1 Å². The summed E-state index contributed by atoms with van der Waals surface area (Å²) in [4.78, 5) is 28.7. The van der Waals surface area contributed by atoms with Gasteiger partial charge in [0.2, 0.25) is 0 Å². The summed E-state index contributed by atoms with van der Waals surface area (Å²) in [5.74, 6) is 0.486. The number of methoxy groups -OCH3 is 1.